The van der Waals surface area contributed by atoms with E-state index in [1.807, 2.05) is 0 Å². The van der Waals surface area contributed by atoms with Gasteiger partial charge in [-0.15, -0.1) is 0 Å². The first-order chi connectivity index (χ1) is 13.9. The fraction of sp³-hybridized carbons (Fsp3) is 0. The molecule has 0 atom stereocenters. The summed E-state index contributed by atoms with van der Waals surface area (Å²) in [5.41, 5.74) is 4.88. The van der Waals surface area contributed by atoms with E-state index in [-0.39, 0.29) is 22.2 Å². The molecule has 4 N–H and O–H groups in total. The number of aromatic carboxylic acids is 1. The molecule has 0 amide bonds. The van der Waals surface area contributed by atoms with Crippen molar-refractivity contribution < 1.29 is 19.4 Å². The fourth-order valence-electron chi connectivity index (χ4n) is 2.58. The number of hydrazone groups is 1. The monoisotopic (exact) mass is 409 g/mol. The number of carboxylic acids is 1. The lowest BCUT2D eigenvalue weighted by Gasteiger charge is -2.09. The Hall–Kier alpha value is -3.78. The molecular weight excluding hydrogens is 393 g/mol. The number of carbonyl (C=O) groups is 1. The van der Waals surface area contributed by atoms with Crippen molar-refractivity contribution in [3.05, 3.63) is 83.7 Å². The van der Waals surface area contributed by atoms with E-state index in [9.17, 15) is 14.3 Å². The molecule has 3 rings (SSSR count). The summed E-state index contributed by atoms with van der Waals surface area (Å²) in [6, 6.07) is 17.1. The highest BCUT2D eigenvalue weighted by molar-refractivity contribution is 7.80. The molecule has 0 aliphatic carbocycles. The van der Waals surface area contributed by atoms with E-state index >= 15 is 0 Å². The van der Waals surface area contributed by atoms with Gasteiger partial charge < -0.3 is 15.5 Å². The topological polar surface area (TPSA) is 94.0 Å². The predicted octanol–water partition coefficient (Wildman–Crippen LogP) is 4.22. The van der Waals surface area contributed by atoms with Crippen LogP contribution < -0.4 is 10.7 Å². The van der Waals surface area contributed by atoms with E-state index in [1.165, 1.54) is 30.5 Å². The minimum absolute atomic E-state index is 0.00213. The van der Waals surface area contributed by atoms with Gasteiger partial charge in [0.2, 0.25) is 0 Å². The predicted molar refractivity (Wildman–Crippen MR) is 114 cm³/mol. The number of hydrogen-bond acceptors (Lipinski definition) is 4. The van der Waals surface area contributed by atoms with Crippen molar-refractivity contribution in [1.82, 2.24) is 5.43 Å². The van der Waals surface area contributed by atoms with Crippen molar-refractivity contribution in [1.29, 1.82) is 0 Å². The summed E-state index contributed by atoms with van der Waals surface area (Å²) < 4.78 is 13.1. The average molecular weight is 409 g/mol. The zero-order chi connectivity index (χ0) is 20.8. The first-order valence-corrected chi connectivity index (χ1v) is 8.86. The van der Waals surface area contributed by atoms with Crippen molar-refractivity contribution in [2.45, 2.75) is 0 Å². The van der Waals surface area contributed by atoms with E-state index < -0.39 is 5.97 Å². The number of para-hydroxylation sites is 1. The third kappa shape index (κ3) is 5.14. The molecule has 0 bridgehead atoms. The second kappa shape index (κ2) is 8.94. The van der Waals surface area contributed by atoms with E-state index in [1.54, 1.807) is 42.5 Å². The van der Waals surface area contributed by atoms with Crippen LogP contribution in [-0.4, -0.2) is 27.5 Å². The van der Waals surface area contributed by atoms with Gasteiger partial charge in [0.25, 0.3) is 0 Å². The molecule has 0 aliphatic heterocycles. The third-order valence-electron chi connectivity index (χ3n) is 3.96. The standard InChI is InChI=1S/C21H16FN3O3S/c22-16-9-7-13(8-10-16)18-6-2-4-15(19(18)26)12-23-25-21(29)24-17-5-1-3-14(11-17)20(27)28/h1-12,26H,(H,27,28)(H2,24,25,29)/b23-12+. The van der Waals surface area contributed by atoms with E-state index in [0.29, 0.717) is 22.4 Å². The molecule has 0 saturated heterocycles. The Bertz CT molecular complexity index is 1080. The number of rotatable bonds is 5. The number of nitrogens with one attached hydrogen (secondary N) is 2. The van der Waals surface area contributed by atoms with Crippen molar-refractivity contribution >= 4 is 35.2 Å². The van der Waals surface area contributed by atoms with Crippen LogP contribution in [0, 0.1) is 5.82 Å². The second-order valence-corrected chi connectivity index (χ2v) is 6.37. The summed E-state index contributed by atoms with van der Waals surface area (Å²) in [5, 5.41) is 26.5. The largest absolute Gasteiger partial charge is 0.507 e. The molecular formula is C21H16FN3O3S. The molecule has 146 valence electrons. The Labute approximate surface area is 171 Å². The first-order valence-electron chi connectivity index (χ1n) is 8.45. The van der Waals surface area contributed by atoms with Gasteiger partial charge >= 0.3 is 5.97 Å². The van der Waals surface area contributed by atoms with E-state index in [4.69, 9.17) is 17.3 Å². The molecule has 0 heterocycles. The third-order valence-corrected chi connectivity index (χ3v) is 4.15. The lowest BCUT2D eigenvalue weighted by molar-refractivity contribution is 0.0697. The highest BCUT2D eigenvalue weighted by Gasteiger charge is 2.08. The van der Waals surface area contributed by atoms with E-state index in [0.717, 1.165) is 0 Å². The van der Waals surface area contributed by atoms with Gasteiger partial charge in [-0.3, -0.25) is 5.43 Å². The summed E-state index contributed by atoms with van der Waals surface area (Å²) in [7, 11) is 0. The molecule has 0 unspecified atom stereocenters. The summed E-state index contributed by atoms with van der Waals surface area (Å²) in [5.74, 6) is -1.40. The quantitative estimate of drug-likeness (QED) is 0.286. The van der Waals surface area contributed by atoms with Gasteiger partial charge in [-0.05, 0) is 54.2 Å². The van der Waals surface area contributed by atoms with Gasteiger partial charge in [0, 0.05) is 16.8 Å². The number of thiocarbonyl (C=S) groups is 1. The maximum atomic E-state index is 13.1. The molecule has 6 nitrogen and oxygen atoms in total. The van der Waals surface area contributed by atoms with Crippen molar-refractivity contribution in [2.24, 2.45) is 5.10 Å². The molecule has 0 fully saturated rings. The number of hydrogen-bond donors (Lipinski definition) is 4. The van der Waals surface area contributed by atoms with Crippen LogP contribution in [0.1, 0.15) is 15.9 Å². The Morgan fingerprint density at radius 1 is 1.07 bits per heavy atom. The van der Waals surface area contributed by atoms with Crippen LogP contribution in [0.5, 0.6) is 5.75 Å². The molecule has 29 heavy (non-hydrogen) atoms. The molecule has 0 radical (unpaired) electrons. The second-order valence-electron chi connectivity index (χ2n) is 5.96. The van der Waals surface area contributed by atoms with Crippen LogP contribution in [0.2, 0.25) is 0 Å². The zero-order valence-corrected chi connectivity index (χ0v) is 15.8. The molecule has 0 spiro atoms. The highest BCUT2D eigenvalue weighted by atomic mass is 32.1. The minimum atomic E-state index is -1.04. The van der Waals surface area contributed by atoms with Gasteiger partial charge in [-0.25, -0.2) is 9.18 Å². The molecule has 0 saturated carbocycles. The first kappa shape index (κ1) is 20.0. The van der Waals surface area contributed by atoms with Crippen LogP contribution >= 0.6 is 12.2 Å². The number of phenolic OH excluding ortho intramolecular Hbond substituents is 1. The maximum absolute atomic E-state index is 13.1. The number of phenols is 1. The summed E-state index contributed by atoms with van der Waals surface area (Å²) >= 11 is 5.13. The molecule has 8 heteroatoms. The zero-order valence-electron chi connectivity index (χ0n) is 15.0. The van der Waals surface area contributed by atoms with Gasteiger partial charge in [-0.1, -0.05) is 30.3 Å². The smallest absolute Gasteiger partial charge is 0.335 e. The normalized spacial score (nSPS) is 10.7. The molecule has 0 aliphatic rings. The van der Waals surface area contributed by atoms with Gasteiger partial charge in [0.05, 0.1) is 11.8 Å². The van der Waals surface area contributed by atoms with Crippen molar-refractivity contribution in [3.63, 3.8) is 0 Å². The van der Waals surface area contributed by atoms with Crippen LogP contribution in [0.3, 0.4) is 0 Å². The average Bonchev–Trinajstić information content (AvgIpc) is 2.70. The lowest BCUT2D eigenvalue weighted by Crippen LogP contribution is -2.24. The Morgan fingerprint density at radius 2 is 1.79 bits per heavy atom. The van der Waals surface area contributed by atoms with Crippen LogP contribution in [0.4, 0.5) is 10.1 Å². The fourth-order valence-corrected chi connectivity index (χ4v) is 2.75. The highest BCUT2D eigenvalue weighted by Crippen LogP contribution is 2.31. The number of benzene rings is 3. The van der Waals surface area contributed by atoms with Crippen molar-refractivity contribution in [3.8, 4) is 16.9 Å². The molecule has 3 aromatic carbocycles. The lowest BCUT2D eigenvalue weighted by atomic mass is 10.0. The van der Waals surface area contributed by atoms with Gasteiger partial charge in [-0.2, -0.15) is 5.10 Å². The summed E-state index contributed by atoms with van der Waals surface area (Å²) in [6.07, 6.45) is 1.39. The number of anilines is 1. The van der Waals surface area contributed by atoms with Crippen LogP contribution in [0.25, 0.3) is 11.1 Å². The number of carboxylic acid groups (broad SMARTS) is 1. The number of nitrogens with zero attached hydrogens (tertiary/aromatic N) is 1. The maximum Gasteiger partial charge on any atom is 0.335 e. The molecule has 0 aromatic heterocycles. The summed E-state index contributed by atoms with van der Waals surface area (Å²) in [6.45, 7) is 0. The Morgan fingerprint density at radius 3 is 2.52 bits per heavy atom. The van der Waals surface area contributed by atoms with Crippen LogP contribution in [-0.2, 0) is 0 Å². The minimum Gasteiger partial charge on any atom is -0.507 e. The van der Waals surface area contributed by atoms with Gasteiger partial charge in [0.15, 0.2) is 5.11 Å². The Balaban J connectivity index is 1.68. The molecule has 3 aromatic rings. The number of aromatic hydroxyl groups is 1. The van der Waals surface area contributed by atoms with E-state index in [2.05, 4.69) is 15.8 Å². The SMILES string of the molecule is O=C(O)c1cccc(NC(=S)N/N=C/c2cccc(-c3ccc(F)cc3)c2O)c1. The number of halogens is 1. The van der Waals surface area contributed by atoms with Crippen LogP contribution in [0.15, 0.2) is 71.8 Å². The summed E-state index contributed by atoms with van der Waals surface area (Å²) in [4.78, 5) is 11.0. The van der Waals surface area contributed by atoms with Gasteiger partial charge in [0.1, 0.15) is 11.6 Å². The Kier molecular flexibility index (Phi) is 6.16. The van der Waals surface area contributed by atoms with Crippen molar-refractivity contribution in [2.75, 3.05) is 5.32 Å².